The minimum Gasteiger partial charge on any atom is -0.485 e. The lowest BCUT2D eigenvalue weighted by Crippen LogP contribution is -2.39. The van der Waals surface area contributed by atoms with Crippen molar-refractivity contribution in [1.29, 1.82) is 0 Å². The first kappa shape index (κ1) is 27.1. The molecule has 13 nitrogen and oxygen atoms in total. The second kappa shape index (κ2) is 11.3. The predicted octanol–water partition coefficient (Wildman–Crippen LogP) is 2.04. The maximum atomic E-state index is 12.3. The van der Waals surface area contributed by atoms with E-state index in [0.717, 1.165) is 5.56 Å². The van der Waals surface area contributed by atoms with E-state index in [-0.39, 0.29) is 11.5 Å². The summed E-state index contributed by atoms with van der Waals surface area (Å²) in [5.74, 6) is 1.68. The summed E-state index contributed by atoms with van der Waals surface area (Å²) in [5, 5.41) is 8.86. The molecule has 1 saturated heterocycles. The van der Waals surface area contributed by atoms with E-state index in [9.17, 15) is 13.2 Å². The Morgan fingerprint density at radius 2 is 1.82 bits per heavy atom. The normalized spacial score (nSPS) is 15.5. The number of esters is 1. The molecule has 4 heterocycles. The average Bonchev–Trinajstić information content (AvgIpc) is 3.29. The van der Waals surface area contributed by atoms with Crippen molar-refractivity contribution >= 4 is 50.0 Å². The topological polar surface area (TPSA) is 162 Å². The summed E-state index contributed by atoms with van der Waals surface area (Å²) in [6.45, 7) is 7.65. The van der Waals surface area contributed by atoms with Crippen molar-refractivity contribution in [2.24, 2.45) is 5.14 Å². The number of fused-ring (bicyclic) bond motifs is 1. The molecule has 1 fully saturated rings. The molecule has 2 aromatic heterocycles. The van der Waals surface area contributed by atoms with Gasteiger partial charge in [-0.05, 0) is 31.5 Å². The number of nitrogens with one attached hydrogen (secondary N) is 1. The van der Waals surface area contributed by atoms with Crippen LogP contribution >= 0.6 is 11.3 Å². The first-order valence-electron chi connectivity index (χ1n) is 12.4. The van der Waals surface area contributed by atoms with Crippen molar-refractivity contribution in [1.82, 2.24) is 15.0 Å². The van der Waals surface area contributed by atoms with Crippen LogP contribution in [0, 0.1) is 6.92 Å². The van der Waals surface area contributed by atoms with Gasteiger partial charge in [-0.15, -0.1) is 0 Å². The molecule has 0 bridgehead atoms. The van der Waals surface area contributed by atoms with Crippen LogP contribution in [0.5, 0.6) is 5.75 Å². The number of carbonyl (C=O) groups excluding carboxylic acids is 1. The number of aryl methyl sites for hydroxylation is 1. The zero-order valence-electron chi connectivity index (χ0n) is 21.5. The van der Waals surface area contributed by atoms with Crippen molar-refractivity contribution in [3.8, 4) is 5.75 Å². The van der Waals surface area contributed by atoms with Crippen molar-refractivity contribution in [2.45, 2.75) is 25.3 Å². The van der Waals surface area contributed by atoms with Crippen LogP contribution in [0.4, 0.5) is 22.7 Å². The Morgan fingerprint density at radius 3 is 2.51 bits per heavy atom. The number of carbonyl (C=O) groups is 1. The number of benzene rings is 1. The first-order chi connectivity index (χ1) is 18.7. The minimum atomic E-state index is -3.78. The van der Waals surface area contributed by atoms with Gasteiger partial charge in [0.2, 0.25) is 21.7 Å². The molecule has 0 amide bonds. The van der Waals surface area contributed by atoms with Crippen molar-refractivity contribution < 1.29 is 27.4 Å². The third-order valence-electron chi connectivity index (χ3n) is 6.15. The molecule has 0 aliphatic carbocycles. The Bertz CT molecular complexity index is 1460. The van der Waals surface area contributed by atoms with Gasteiger partial charge in [0.1, 0.15) is 11.5 Å². The molecule has 5 rings (SSSR count). The summed E-state index contributed by atoms with van der Waals surface area (Å²) in [5.41, 5.74) is 1.44. The van der Waals surface area contributed by atoms with E-state index in [1.807, 2.05) is 0 Å². The van der Waals surface area contributed by atoms with Gasteiger partial charge in [-0.1, -0.05) is 23.5 Å². The van der Waals surface area contributed by atoms with E-state index in [0.29, 0.717) is 85.0 Å². The number of rotatable bonds is 8. The number of nitrogens with zero attached hydrogens (tertiary/aromatic N) is 5. The average molecular weight is 576 g/mol. The van der Waals surface area contributed by atoms with Gasteiger partial charge in [0.05, 0.1) is 37.0 Å². The monoisotopic (exact) mass is 575 g/mol. The van der Waals surface area contributed by atoms with Crippen LogP contribution in [0.25, 0.3) is 0 Å². The van der Waals surface area contributed by atoms with E-state index < -0.39 is 16.0 Å². The second-order valence-corrected chi connectivity index (χ2v) is 11.4. The molecule has 0 saturated carbocycles. The fourth-order valence-electron chi connectivity index (χ4n) is 4.27. The molecule has 3 N–H and O–H groups in total. The van der Waals surface area contributed by atoms with Gasteiger partial charge in [-0.2, -0.15) is 9.97 Å². The smallest absolute Gasteiger partial charge is 0.350 e. The number of nitrogens with two attached hydrogens (primary N) is 1. The number of hydrogen-bond donors (Lipinski definition) is 2. The van der Waals surface area contributed by atoms with Gasteiger partial charge in [0.25, 0.3) is 0 Å². The molecule has 0 spiro atoms. The van der Waals surface area contributed by atoms with E-state index >= 15 is 0 Å². The summed E-state index contributed by atoms with van der Waals surface area (Å²) < 4.78 is 40.0. The highest BCUT2D eigenvalue weighted by Crippen LogP contribution is 2.40. The van der Waals surface area contributed by atoms with E-state index in [1.165, 1.54) is 23.5 Å². The molecule has 1 aromatic carbocycles. The summed E-state index contributed by atoms with van der Waals surface area (Å²) >= 11 is 1.17. The highest BCUT2D eigenvalue weighted by molar-refractivity contribution is 7.89. The molecule has 39 heavy (non-hydrogen) atoms. The van der Waals surface area contributed by atoms with Crippen LogP contribution in [0.3, 0.4) is 0 Å². The third-order valence-corrected chi connectivity index (χ3v) is 8.13. The molecule has 0 unspecified atom stereocenters. The standard InChI is InChI=1S/C24H29N7O6S2/c1-3-36-22(32)19-15(2)26-24(38-19)29-23-27-20(30-8-11-35-12-9-30)18-21(28-23)31(10-13-37-18)14-16-4-6-17(7-5-16)39(25,33)34/h4-7H,3,8-14H2,1-2H3,(H2,25,33,34)(H,26,27,28,29). The van der Waals surface area contributed by atoms with Crippen molar-refractivity contribution in [3.63, 3.8) is 0 Å². The Hall–Kier alpha value is -3.53. The molecule has 2 aliphatic heterocycles. The summed E-state index contributed by atoms with van der Waals surface area (Å²) in [6, 6.07) is 6.44. The maximum Gasteiger partial charge on any atom is 0.350 e. The Balaban J connectivity index is 1.48. The molecule has 0 radical (unpaired) electrons. The zero-order chi connectivity index (χ0) is 27.6. The van der Waals surface area contributed by atoms with Gasteiger partial charge in [-0.25, -0.2) is 23.3 Å². The van der Waals surface area contributed by atoms with E-state index in [4.69, 9.17) is 29.3 Å². The Kier molecular flexibility index (Phi) is 7.83. The number of anilines is 4. The SMILES string of the molecule is CCOC(=O)c1sc(Nc2nc(N3CCOCC3)c3c(n2)N(Cc2ccc(S(N)(=O)=O)cc2)CCO3)nc1C. The van der Waals surface area contributed by atoms with E-state index in [2.05, 4.69) is 20.1 Å². The summed E-state index contributed by atoms with van der Waals surface area (Å²) in [6.07, 6.45) is 0. The van der Waals surface area contributed by atoms with Crippen LogP contribution in [0.15, 0.2) is 29.2 Å². The fraction of sp³-hybridized carbons (Fsp3) is 0.417. The van der Waals surface area contributed by atoms with Crippen LogP contribution in [-0.4, -0.2) is 75.4 Å². The highest BCUT2D eigenvalue weighted by Gasteiger charge is 2.29. The molecular formula is C24H29N7O6S2. The predicted molar refractivity (Wildman–Crippen MR) is 146 cm³/mol. The number of aromatic nitrogens is 3. The Labute approximate surface area is 230 Å². The number of thiazole rings is 1. The third kappa shape index (κ3) is 6.06. The summed E-state index contributed by atoms with van der Waals surface area (Å²) in [7, 11) is -3.78. The quantitative estimate of drug-likeness (QED) is 0.377. The van der Waals surface area contributed by atoms with Gasteiger partial charge in [0.15, 0.2) is 16.8 Å². The lowest BCUT2D eigenvalue weighted by atomic mass is 10.2. The number of ether oxygens (including phenoxy) is 3. The van der Waals surface area contributed by atoms with Gasteiger partial charge < -0.3 is 24.0 Å². The van der Waals surface area contributed by atoms with Crippen molar-refractivity contribution in [2.75, 3.05) is 61.2 Å². The fourth-order valence-corrected chi connectivity index (χ4v) is 5.64. The molecular weight excluding hydrogens is 546 g/mol. The maximum absolute atomic E-state index is 12.3. The number of hydrogen-bond acceptors (Lipinski definition) is 13. The second-order valence-electron chi connectivity index (χ2n) is 8.86. The van der Waals surface area contributed by atoms with Crippen LogP contribution < -0.4 is 25.0 Å². The summed E-state index contributed by atoms with van der Waals surface area (Å²) in [4.78, 5) is 30.9. The largest absolute Gasteiger partial charge is 0.485 e. The lowest BCUT2D eigenvalue weighted by Gasteiger charge is -2.35. The number of sulfonamides is 1. The molecule has 3 aromatic rings. The molecule has 208 valence electrons. The first-order valence-corrected chi connectivity index (χ1v) is 14.7. The van der Waals surface area contributed by atoms with Gasteiger partial charge in [0, 0.05) is 19.6 Å². The van der Waals surface area contributed by atoms with E-state index in [1.54, 1.807) is 26.0 Å². The van der Waals surface area contributed by atoms with Crippen molar-refractivity contribution in [3.05, 3.63) is 40.4 Å². The Morgan fingerprint density at radius 1 is 1.10 bits per heavy atom. The highest BCUT2D eigenvalue weighted by atomic mass is 32.2. The molecule has 2 aliphatic rings. The lowest BCUT2D eigenvalue weighted by molar-refractivity contribution is 0.0531. The number of primary sulfonamides is 1. The molecule has 15 heteroatoms. The van der Waals surface area contributed by atoms with Gasteiger partial charge in [-0.3, -0.25) is 5.32 Å². The van der Waals surface area contributed by atoms with Crippen LogP contribution in [0.1, 0.15) is 27.9 Å². The van der Waals surface area contributed by atoms with Gasteiger partial charge >= 0.3 is 5.97 Å². The number of morpholine rings is 1. The molecule has 0 atom stereocenters. The minimum absolute atomic E-state index is 0.0537. The van der Waals surface area contributed by atoms with Crippen LogP contribution in [0.2, 0.25) is 0 Å². The zero-order valence-corrected chi connectivity index (χ0v) is 23.2. The van der Waals surface area contributed by atoms with Crippen LogP contribution in [-0.2, 0) is 26.0 Å².